The summed E-state index contributed by atoms with van der Waals surface area (Å²) in [7, 11) is 0. The van der Waals surface area contributed by atoms with E-state index in [4.69, 9.17) is 0 Å². The second-order valence-electron chi connectivity index (χ2n) is 4.56. The van der Waals surface area contributed by atoms with Crippen LogP contribution in [0.1, 0.15) is 30.6 Å². The summed E-state index contributed by atoms with van der Waals surface area (Å²) >= 11 is 0. The normalized spacial score (nSPS) is 12.3. The Bertz CT molecular complexity index is 575. The molecule has 19 heavy (non-hydrogen) atoms. The predicted molar refractivity (Wildman–Crippen MR) is 73.9 cm³/mol. The highest BCUT2D eigenvalue weighted by atomic mass is 16.3. The van der Waals surface area contributed by atoms with Crippen molar-refractivity contribution in [1.29, 1.82) is 0 Å². The zero-order chi connectivity index (χ0) is 13.7. The summed E-state index contributed by atoms with van der Waals surface area (Å²) in [6.07, 6.45) is 4.53. The smallest absolute Gasteiger partial charge is 0.347 e. The van der Waals surface area contributed by atoms with Crippen LogP contribution in [-0.4, -0.2) is 14.7 Å². The Hall–Kier alpha value is -1.94. The second kappa shape index (κ2) is 6.29. The molecule has 0 fully saturated rings. The third-order valence-electron chi connectivity index (χ3n) is 3.06. The average Bonchev–Trinajstić information content (AvgIpc) is 2.42. The quantitative estimate of drug-likeness (QED) is 0.891. The van der Waals surface area contributed by atoms with Gasteiger partial charge in [0, 0.05) is 12.4 Å². The summed E-state index contributed by atoms with van der Waals surface area (Å²) in [6.45, 7) is 2.36. The van der Waals surface area contributed by atoms with E-state index in [9.17, 15) is 9.90 Å². The zero-order valence-electron chi connectivity index (χ0n) is 11.0. The summed E-state index contributed by atoms with van der Waals surface area (Å²) in [5, 5.41) is 10.1. The molecule has 0 spiro atoms. The van der Waals surface area contributed by atoms with E-state index in [1.807, 2.05) is 24.3 Å². The molecule has 1 aromatic carbocycles. The summed E-state index contributed by atoms with van der Waals surface area (Å²) in [5.74, 6) is 0. The minimum Gasteiger partial charge on any atom is -0.387 e. The molecule has 0 radical (unpaired) electrons. The predicted octanol–water partition coefficient (Wildman–Crippen LogP) is 1.93. The van der Waals surface area contributed by atoms with Gasteiger partial charge in [0.25, 0.3) is 0 Å². The Morgan fingerprint density at radius 3 is 2.68 bits per heavy atom. The fourth-order valence-electron chi connectivity index (χ4n) is 2.01. The maximum atomic E-state index is 11.5. The second-order valence-corrected chi connectivity index (χ2v) is 4.56. The zero-order valence-corrected chi connectivity index (χ0v) is 11.0. The van der Waals surface area contributed by atoms with Gasteiger partial charge in [0.15, 0.2) is 0 Å². The first-order chi connectivity index (χ1) is 9.20. The lowest BCUT2D eigenvalue weighted by Crippen LogP contribution is -2.24. The molecule has 1 aromatic heterocycles. The molecular weight excluding hydrogens is 240 g/mol. The van der Waals surface area contributed by atoms with Crippen LogP contribution in [-0.2, 0) is 13.0 Å². The van der Waals surface area contributed by atoms with Crippen molar-refractivity contribution in [2.24, 2.45) is 0 Å². The lowest BCUT2D eigenvalue weighted by Gasteiger charge is -2.13. The van der Waals surface area contributed by atoms with Gasteiger partial charge in [-0.2, -0.15) is 0 Å². The number of nitrogens with zero attached hydrogens (tertiary/aromatic N) is 2. The van der Waals surface area contributed by atoms with E-state index < -0.39 is 6.10 Å². The van der Waals surface area contributed by atoms with E-state index in [1.54, 1.807) is 12.3 Å². The van der Waals surface area contributed by atoms with Gasteiger partial charge in [-0.15, -0.1) is 0 Å². The molecule has 1 unspecified atom stereocenters. The van der Waals surface area contributed by atoms with Gasteiger partial charge < -0.3 is 5.11 Å². The number of hydrogen-bond donors (Lipinski definition) is 1. The van der Waals surface area contributed by atoms with Gasteiger partial charge >= 0.3 is 5.69 Å². The van der Waals surface area contributed by atoms with Crippen molar-refractivity contribution in [3.8, 4) is 0 Å². The molecule has 0 aliphatic heterocycles. The highest BCUT2D eigenvalue weighted by Gasteiger charge is 2.09. The summed E-state index contributed by atoms with van der Waals surface area (Å²) in [5.41, 5.74) is 1.73. The van der Waals surface area contributed by atoms with Crippen molar-refractivity contribution >= 4 is 0 Å². The summed E-state index contributed by atoms with van der Waals surface area (Å²) in [4.78, 5) is 15.1. The van der Waals surface area contributed by atoms with Crippen LogP contribution < -0.4 is 5.69 Å². The fraction of sp³-hybridized carbons (Fsp3) is 0.333. The van der Waals surface area contributed by atoms with Crippen LogP contribution in [0.3, 0.4) is 0 Å². The molecule has 2 aromatic rings. The number of hydrogen-bond acceptors (Lipinski definition) is 3. The molecule has 0 bridgehead atoms. The fourth-order valence-corrected chi connectivity index (χ4v) is 2.01. The SMILES string of the molecule is CCCc1ccc(C(O)Cn2cccnc2=O)cc1. The molecule has 0 saturated heterocycles. The van der Waals surface area contributed by atoms with Gasteiger partial charge in [-0.1, -0.05) is 37.6 Å². The molecule has 1 heterocycles. The lowest BCUT2D eigenvalue weighted by molar-refractivity contribution is 0.154. The Labute approximate surface area is 112 Å². The minimum atomic E-state index is -0.697. The van der Waals surface area contributed by atoms with E-state index in [1.165, 1.54) is 16.3 Å². The van der Waals surface area contributed by atoms with Crippen molar-refractivity contribution in [2.45, 2.75) is 32.4 Å². The van der Waals surface area contributed by atoms with Gasteiger partial charge in [0.05, 0.1) is 12.6 Å². The summed E-state index contributed by atoms with van der Waals surface area (Å²) in [6, 6.07) is 9.55. The monoisotopic (exact) mass is 258 g/mol. The van der Waals surface area contributed by atoms with Crippen molar-refractivity contribution in [2.75, 3.05) is 0 Å². The van der Waals surface area contributed by atoms with Gasteiger partial charge in [-0.25, -0.2) is 9.78 Å². The molecule has 0 aliphatic rings. The van der Waals surface area contributed by atoms with Gasteiger partial charge in [-0.05, 0) is 23.6 Å². The first kappa shape index (κ1) is 13.5. The number of aliphatic hydroxyl groups excluding tert-OH is 1. The van der Waals surface area contributed by atoms with E-state index in [0.29, 0.717) is 0 Å². The van der Waals surface area contributed by atoms with Crippen molar-refractivity contribution in [3.63, 3.8) is 0 Å². The maximum Gasteiger partial charge on any atom is 0.347 e. The third kappa shape index (κ3) is 3.51. The largest absolute Gasteiger partial charge is 0.387 e. The molecule has 2 rings (SSSR count). The number of aromatic nitrogens is 2. The van der Waals surface area contributed by atoms with Crippen LogP contribution in [0.15, 0.2) is 47.5 Å². The number of benzene rings is 1. The van der Waals surface area contributed by atoms with Crippen molar-refractivity contribution in [1.82, 2.24) is 9.55 Å². The van der Waals surface area contributed by atoms with Crippen LogP contribution in [0.2, 0.25) is 0 Å². The van der Waals surface area contributed by atoms with E-state index >= 15 is 0 Å². The highest BCUT2D eigenvalue weighted by molar-refractivity contribution is 5.24. The Balaban J connectivity index is 2.09. The summed E-state index contributed by atoms with van der Waals surface area (Å²) < 4.78 is 1.41. The van der Waals surface area contributed by atoms with E-state index in [-0.39, 0.29) is 12.2 Å². The number of rotatable bonds is 5. The first-order valence-corrected chi connectivity index (χ1v) is 6.49. The van der Waals surface area contributed by atoms with Gasteiger partial charge in [0.1, 0.15) is 0 Å². The molecule has 4 heteroatoms. The van der Waals surface area contributed by atoms with E-state index in [0.717, 1.165) is 18.4 Å². The lowest BCUT2D eigenvalue weighted by atomic mass is 10.0. The van der Waals surface area contributed by atoms with Gasteiger partial charge in [0.2, 0.25) is 0 Å². The topological polar surface area (TPSA) is 55.1 Å². The highest BCUT2D eigenvalue weighted by Crippen LogP contribution is 2.15. The standard InChI is InChI=1S/C15H18N2O2/c1-2-4-12-5-7-13(8-6-12)14(18)11-17-10-3-9-16-15(17)19/h3,5-10,14,18H,2,4,11H2,1H3. The van der Waals surface area contributed by atoms with Crippen molar-refractivity contribution in [3.05, 3.63) is 64.3 Å². The molecule has 1 N–H and O–H groups in total. The number of aryl methyl sites for hydroxylation is 1. The van der Waals surface area contributed by atoms with Crippen LogP contribution in [0, 0.1) is 0 Å². The molecule has 0 saturated carbocycles. The van der Waals surface area contributed by atoms with Crippen LogP contribution in [0.25, 0.3) is 0 Å². The molecular formula is C15H18N2O2. The number of aliphatic hydroxyl groups is 1. The molecule has 100 valence electrons. The minimum absolute atomic E-state index is 0.222. The van der Waals surface area contributed by atoms with Crippen LogP contribution >= 0.6 is 0 Å². The molecule has 0 amide bonds. The van der Waals surface area contributed by atoms with E-state index in [2.05, 4.69) is 11.9 Å². The van der Waals surface area contributed by atoms with Crippen LogP contribution in [0.5, 0.6) is 0 Å². The Morgan fingerprint density at radius 2 is 2.05 bits per heavy atom. The molecule has 4 nitrogen and oxygen atoms in total. The third-order valence-corrected chi connectivity index (χ3v) is 3.06. The first-order valence-electron chi connectivity index (χ1n) is 6.49. The van der Waals surface area contributed by atoms with Crippen molar-refractivity contribution < 1.29 is 5.11 Å². The van der Waals surface area contributed by atoms with Crippen LogP contribution in [0.4, 0.5) is 0 Å². The molecule has 1 atom stereocenters. The Kier molecular flexibility index (Phi) is 4.47. The maximum absolute atomic E-state index is 11.5. The molecule has 0 aliphatic carbocycles. The Morgan fingerprint density at radius 1 is 1.32 bits per heavy atom. The van der Waals surface area contributed by atoms with Gasteiger partial charge in [-0.3, -0.25) is 4.57 Å². The average molecular weight is 258 g/mol.